The van der Waals surface area contributed by atoms with Crippen molar-refractivity contribution in [1.82, 2.24) is 9.62 Å². The van der Waals surface area contributed by atoms with Crippen LogP contribution in [0, 0.1) is 5.92 Å². The lowest BCUT2D eigenvalue weighted by atomic mass is 9.97. The number of anilines is 1. The van der Waals surface area contributed by atoms with Crippen molar-refractivity contribution in [3.8, 4) is 0 Å². The van der Waals surface area contributed by atoms with Crippen molar-refractivity contribution in [3.05, 3.63) is 90.0 Å². The fourth-order valence-corrected chi connectivity index (χ4v) is 6.22. The molecule has 0 aromatic heterocycles. The molecule has 3 aromatic carbocycles. The molecule has 2 N–H and O–H groups in total. The van der Waals surface area contributed by atoms with Gasteiger partial charge >= 0.3 is 0 Å². The topological polar surface area (TPSA) is 95.6 Å². The van der Waals surface area contributed by atoms with E-state index in [4.69, 9.17) is 0 Å². The van der Waals surface area contributed by atoms with Crippen LogP contribution in [0.5, 0.6) is 0 Å². The maximum Gasteiger partial charge on any atom is 0.253 e. The van der Waals surface area contributed by atoms with Gasteiger partial charge in [0.1, 0.15) is 0 Å². The Bertz CT molecular complexity index is 1320. The molecule has 9 heteroatoms. The Morgan fingerprint density at radius 1 is 0.919 bits per heavy atom. The highest BCUT2D eigenvalue weighted by atomic mass is 32.2. The molecule has 0 aliphatic carbocycles. The van der Waals surface area contributed by atoms with Crippen molar-refractivity contribution in [3.63, 3.8) is 0 Å². The number of para-hydroxylation sites is 1. The summed E-state index contributed by atoms with van der Waals surface area (Å²) in [5, 5.41) is 5.82. The summed E-state index contributed by atoms with van der Waals surface area (Å²) in [6.45, 7) is 1.02. The summed E-state index contributed by atoms with van der Waals surface area (Å²) in [6, 6.07) is 23.7. The van der Waals surface area contributed by atoms with Gasteiger partial charge in [-0.15, -0.1) is 11.8 Å². The Balaban J connectivity index is 1.32. The van der Waals surface area contributed by atoms with Crippen LogP contribution in [-0.2, 0) is 21.2 Å². The Hall–Kier alpha value is -3.14. The van der Waals surface area contributed by atoms with Gasteiger partial charge in [0.25, 0.3) is 5.91 Å². The minimum atomic E-state index is -3.60. The highest BCUT2D eigenvalue weighted by molar-refractivity contribution is 7.98. The number of piperidine rings is 1. The van der Waals surface area contributed by atoms with Crippen molar-refractivity contribution < 1.29 is 18.0 Å². The highest BCUT2D eigenvalue weighted by Crippen LogP contribution is 2.27. The van der Waals surface area contributed by atoms with Crippen LogP contribution >= 0.6 is 11.8 Å². The fraction of sp³-hybridized carbons (Fsp3) is 0.286. The standard InChI is InChI=1S/C28H31N3O4S2/c1-36-23-11-13-24(14-12-23)37(34,35)31-19-16-22(17-20-31)27(32)30-26-10-6-5-9-25(26)28(33)29-18-15-21-7-3-2-4-8-21/h2-14,22H,15-20H2,1H3,(H,29,33)(H,30,32). The predicted molar refractivity (Wildman–Crippen MR) is 147 cm³/mol. The van der Waals surface area contributed by atoms with Crippen LogP contribution in [0.4, 0.5) is 5.69 Å². The maximum atomic E-state index is 13.0. The van der Waals surface area contributed by atoms with Crippen LogP contribution in [-0.4, -0.2) is 50.4 Å². The average Bonchev–Trinajstić information content (AvgIpc) is 2.94. The number of hydrogen-bond donors (Lipinski definition) is 2. The summed E-state index contributed by atoms with van der Waals surface area (Å²) in [5.74, 6) is -0.786. The van der Waals surface area contributed by atoms with Crippen molar-refractivity contribution in [1.29, 1.82) is 0 Å². The molecule has 1 aliphatic heterocycles. The summed E-state index contributed by atoms with van der Waals surface area (Å²) >= 11 is 1.56. The van der Waals surface area contributed by atoms with E-state index in [1.165, 1.54) is 4.31 Å². The lowest BCUT2D eigenvalue weighted by Crippen LogP contribution is -2.41. The molecule has 37 heavy (non-hydrogen) atoms. The van der Waals surface area contributed by atoms with Gasteiger partial charge in [-0.25, -0.2) is 8.42 Å². The molecule has 4 rings (SSSR count). The Morgan fingerprint density at radius 3 is 2.24 bits per heavy atom. The van der Waals surface area contributed by atoms with Gasteiger partial charge in [-0.2, -0.15) is 4.31 Å². The van der Waals surface area contributed by atoms with E-state index in [0.29, 0.717) is 37.1 Å². The molecule has 1 aliphatic rings. The summed E-state index contributed by atoms with van der Waals surface area (Å²) in [5.41, 5.74) is 1.99. The van der Waals surface area contributed by atoms with E-state index in [1.807, 2.05) is 36.6 Å². The second-order valence-electron chi connectivity index (χ2n) is 8.88. The first-order valence-electron chi connectivity index (χ1n) is 12.2. The van der Waals surface area contributed by atoms with Gasteiger partial charge in [0.2, 0.25) is 15.9 Å². The molecule has 0 saturated carbocycles. The average molecular weight is 538 g/mol. The largest absolute Gasteiger partial charge is 0.352 e. The van der Waals surface area contributed by atoms with E-state index in [-0.39, 0.29) is 35.7 Å². The molecule has 7 nitrogen and oxygen atoms in total. The normalized spacial score (nSPS) is 14.7. The first-order chi connectivity index (χ1) is 17.9. The maximum absolute atomic E-state index is 13.0. The molecule has 1 saturated heterocycles. The monoisotopic (exact) mass is 537 g/mol. The molecule has 0 spiro atoms. The van der Waals surface area contributed by atoms with Gasteiger partial charge in [0.15, 0.2) is 0 Å². The number of sulfonamides is 1. The molecular weight excluding hydrogens is 506 g/mol. The smallest absolute Gasteiger partial charge is 0.253 e. The minimum Gasteiger partial charge on any atom is -0.352 e. The van der Waals surface area contributed by atoms with Crippen LogP contribution in [0.1, 0.15) is 28.8 Å². The Labute approximate surface area is 222 Å². The fourth-order valence-electron chi connectivity index (χ4n) is 4.34. The summed E-state index contributed by atoms with van der Waals surface area (Å²) in [4.78, 5) is 27.1. The van der Waals surface area contributed by atoms with Gasteiger partial charge in [-0.05, 0) is 67.5 Å². The molecule has 1 fully saturated rings. The number of hydrogen-bond acceptors (Lipinski definition) is 5. The van der Waals surface area contributed by atoms with Crippen molar-refractivity contribution in [2.75, 3.05) is 31.2 Å². The predicted octanol–water partition coefficient (Wildman–Crippen LogP) is 4.42. The molecule has 0 radical (unpaired) electrons. The SMILES string of the molecule is CSc1ccc(S(=O)(=O)N2CCC(C(=O)Nc3ccccc3C(=O)NCCc3ccccc3)CC2)cc1. The number of nitrogens with zero attached hydrogens (tertiary/aromatic N) is 1. The number of thioether (sulfide) groups is 1. The molecule has 3 aromatic rings. The zero-order chi connectivity index (χ0) is 26.3. The summed E-state index contributed by atoms with van der Waals surface area (Å²) in [6.07, 6.45) is 3.49. The number of carbonyl (C=O) groups is 2. The van der Waals surface area contributed by atoms with Crippen molar-refractivity contribution in [2.45, 2.75) is 29.1 Å². The Morgan fingerprint density at radius 2 is 1.57 bits per heavy atom. The lowest BCUT2D eigenvalue weighted by Gasteiger charge is -2.30. The molecular formula is C28H31N3O4S2. The molecule has 2 amide bonds. The van der Waals surface area contributed by atoms with Gasteiger partial charge in [0.05, 0.1) is 16.1 Å². The zero-order valence-corrected chi connectivity index (χ0v) is 22.4. The molecule has 0 atom stereocenters. The Kier molecular flexibility index (Phi) is 9.02. The molecule has 0 bridgehead atoms. The van der Waals surface area contributed by atoms with Gasteiger partial charge in [-0.3, -0.25) is 9.59 Å². The molecule has 1 heterocycles. The summed E-state index contributed by atoms with van der Waals surface area (Å²) < 4.78 is 27.5. The van der Waals surface area contributed by atoms with Crippen LogP contribution < -0.4 is 10.6 Å². The summed E-state index contributed by atoms with van der Waals surface area (Å²) in [7, 11) is -3.60. The zero-order valence-electron chi connectivity index (χ0n) is 20.7. The number of amides is 2. The van der Waals surface area contributed by atoms with Crippen LogP contribution in [0.2, 0.25) is 0 Å². The van der Waals surface area contributed by atoms with E-state index < -0.39 is 10.0 Å². The molecule has 0 unspecified atom stereocenters. The third kappa shape index (κ3) is 6.80. The molecule has 194 valence electrons. The van der Waals surface area contributed by atoms with Crippen LogP contribution in [0.3, 0.4) is 0 Å². The first-order valence-corrected chi connectivity index (χ1v) is 14.9. The van der Waals surface area contributed by atoms with Gasteiger partial charge in [0, 0.05) is 30.4 Å². The van der Waals surface area contributed by atoms with E-state index in [1.54, 1.807) is 60.3 Å². The van der Waals surface area contributed by atoms with E-state index in [0.717, 1.165) is 10.5 Å². The minimum absolute atomic E-state index is 0.203. The van der Waals surface area contributed by atoms with Crippen LogP contribution in [0.25, 0.3) is 0 Å². The van der Waals surface area contributed by atoms with E-state index in [9.17, 15) is 18.0 Å². The van der Waals surface area contributed by atoms with Gasteiger partial charge in [-0.1, -0.05) is 42.5 Å². The third-order valence-electron chi connectivity index (χ3n) is 6.49. The van der Waals surface area contributed by atoms with Crippen molar-refractivity contribution >= 4 is 39.3 Å². The second-order valence-corrected chi connectivity index (χ2v) is 11.7. The second kappa shape index (κ2) is 12.4. The number of benzene rings is 3. The van der Waals surface area contributed by atoms with Crippen molar-refractivity contribution in [2.24, 2.45) is 5.92 Å². The first kappa shape index (κ1) is 26.9. The third-order valence-corrected chi connectivity index (χ3v) is 9.15. The van der Waals surface area contributed by atoms with E-state index in [2.05, 4.69) is 10.6 Å². The quantitative estimate of drug-likeness (QED) is 0.394. The number of nitrogens with one attached hydrogen (secondary N) is 2. The number of carbonyl (C=O) groups excluding carboxylic acids is 2. The lowest BCUT2D eigenvalue weighted by molar-refractivity contribution is -0.120. The van der Waals surface area contributed by atoms with Crippen LogP contribution in [0.15, 0.2) is 88.7 Å². The van der Waals surface area contributed by atoms with Gasteiger partial charge < -0.3 is 10.6 Å². The highest BCUT2D eigenvalue weighted by Gasteiger charge is 2.32. The van der Waals surface area contributed by atoms with E-state index >= 15 is 0 Å². The number of rotatable bonds is 9.